The van der Waals surface area contributed by atoms with Crippen LogP contribution < -0.4 is 5.32 Å². The lowest BCUT2D eigenvalue weighted by molar-refractivity contribution is 1.18. The van der Waals surface area contributed by atoms with Gasteiger partial charge in [-0.1, -0.05) is 0 Å². The number of aryl methyl sites for hydroxylation is 1. The summed E-state index contributed by atoms with van der Waals surface area (Å²) in [5, 5.41) is 3.18. The van der Waals surface area contributed by atoms with E-state index in [1.54, 1.807) is 12.4 Å². The number of anilines is 2. The Morgan fingerprint density at radius 2 is 2.13 bits per heavy atom. The van der Waals surface area contributed by atoms with E-state index < -0.39 is 0 Å². The van der Waals surface area contributed by atoms with Crippen molar-refractivity contribution in [2.24, 2.45) is 0 Å². The molecule has 0 aliphatic carbocycles. The molecule has 0 aromatic carbocycles. The van der Waals surface area contributed by atoms with Gasteiger partial charge in [0, 0.05) is 10.7 Å². The van der Waals surface area contributed by atoms with E-state index in [2.05, 4.69) is 31.2 Å². The van der Waals surface area contributed by atoms with Gasteiger partial charge in [-0.3, -0.25) is 4.98 Å². The number of nitrogens with zero attached hydrogens (tertiary/aromatic N) is 2. The van der Waals surface area contributed by atoms with E-state index in [0.29, 0.717) is 0 Å². The summed E-state index contributed by atoms with van der Waals surface area (Å²) in [5.74, 6) is 0.823. The van der Waals surface area contributed by atoms with Crippen molar-refractivity contribution in [3.8, 4) is 0 Å². The van der Waals surface area contributed by atoms with Gasteiger partial charge in [-0.2, -0.15) is 0 Å². The standard InChI is InChI=1S/C11H10BrN3/c1-8-10(12)4-5-11(14-8)15-9-3-2-6-13-7-9/h2-7H,1H3,(H,14,15). The zero-order chi connectivity index (χ0) is 10.7. The zero-order valence-electron chi connectivity index (χ0n) is 8.24. The van der Waals surface area contributed by atoms with Gasteiger partial charge in [-0.05, 0) is 47.1 Å². The molecule has 0 fully saturated rings. The molecule has 2 aromatic rings. The van der Waals surface area contributed by atoms with Crippen molar-refractivity contribution >= 4 is 27.4 Å². The van der Waals surface area contributed by atoms with Crippen molar-refractivity contribution in [1.82, 2.24) is 9.97 Å². The highest BCUT2D eigenvalue weighted by molar-refractivity contribution is 9.10. The van der Waals surface area contributed by atoms with E-state index >= 15 is 0 Å². The Balaban J connectivity index is 2.22. The highest BCUT2D eigenvalue weighted by Gasteiger charge is 1.99. The molecule has 0 saturated heterocycles. The Labute approximate surface area is 96.7 Å². The Morgan fingerprint density at radius 3 is 2.80 bits per heavy atom. The fourth-order valence-corrected chi connectivity index (χ4v) is 1.42. The van der Waals surface area contributed by atoms with Crippen LogP contribution >= 0.6 is 15.9 Å². The molecule has 76 valence electrons. The number of aromatic nitrogens is 2. The van der Waals surface area contributed by atoms with E-state index in [1.807, 2.05) is 31.2 Å². The third-order valence-electron chi connectivity index (χ3n) is 1.96. The van der Waals surface area contributed by atoms with Gasteiger partial charge in [-0.25, -0.2) is 4.98 Å². The fraction of sp³-hybridized carbons (Fsp3) is 0.0909. The lowest BCUT2D eigenvalue weighted by Gasteiger charge is -2.06. The largest absolute Gasteiger partial charge is 0.339 e. The van der Waals surface area contributed by atoms with Gasteiger partial charge in [0.2, 0.25) is 0 Å². The second-order valence-electron chi connectivity index (χ2n) is 3.13. The van der Waals surface area contributed by atoms with Crippen LogP contribution in [0.4, 0.5) is 11.5 Å². The molecule has 15 heavy (non-hydrogen) atoms. The molecule has 4 heteroatoms. The van der Waals surface area contributed by atoms with Crippen molar-refractivity contribution < 1.29 is 0 Å². The first kappa shape index (κ1) is 10.1. The number of rotatable bonds is 2. The van der Waals surface area contributed by atoms with Gasteiger partial charge in [0.1, 0.15) is 5.82 Å². The van der Waals surface area contributed by atoms with Crippen LogP contribution in [-0.2, 0) is 0 Å². The molecule has 0 saturated carbocycles. The first-order valence-electron chi connectivity index (χ1n) is 4.56. The molecular formula is C11H10BrN3. The van der Waals surface area contributed by atoms with Crippen LogP contribution in [0.3, 0.4) is 0 Å². The number of pyridine rings is 2. The molecule has 0 unspecified atom stereocenters. The monoisotopic (exact) mass is 263 g/mol. The third-order valence-corrected chi connectivity index (χ3v) is 2.79. The lowest BCUT2D eigenvalue weighted by Crippen LogP contribution is -1.95. The van der Waals surface area contributed by atoms with E-state index in [4.69, 9.17) is 0 Å². The topological polar surface area (TPSA) is 37.8 Å². The number of hydrogen-bond donors (Lipinski definition) is 1. The minimum Gasteiger partial charge on any atom is -0.339 e. The summed E-state index contributed by atoms with van der Waals surface area (Å²) in [6.45, 7) is 1.96. The molecule has 0 bridgehead atoms. The van der Waals surface area contributed by atoms with Gasteiger partial charge in [-0.15, -0.1) is 0 Å². The number of nitrogens with one attached hydrogen (secondary N) is 1. The molecule has 2 heterocycles. The van der Waals surface area contributed by atoms with E-state index in [0.717, 1.165) is 21.7 Å². The van der Waals surface area contributed by atoms with E-state index in [-0.39, 0.29) is 0 Å². The molecule has 3 nitrogen and oxygen atoms in total. The van der Waals surface area contributed by atoms with Crippen molar-refractivity contribution in [1.29, 1.82) is 0 Å². The molecule has 0 atom stereocenters. The molecule has 1 N–H and O–H groups in total. The Morgan fingerprint density at radius 1 is 1.27 bits per heavy atom. The molecular weight excluding hydrogens is 254 g/mol. The predicted octanol–water partition coefficient (Wildman–Crippen LogP) is 3.29. The van der Waals surface area contributed by atoms with Gasteiger partial charge in [0.05, 0.1) is 17.6 Å². The highest BCUT2D eigenvalue weighted by Crippen LogP contribution is 2.18. The van der Waals surface area contributed by atoms with Gasteiger partial charge in [0.25, 0.3) is 0 Å². The van der Waals surface area contributed by atoms with Crippen LogP contribution in [0, 0.1) is 6.92 Å². The molecule has 0 radical (unpaired) electrons. The van der Waals surface area contributed by atoms with Gasteiger partial charge < -0.3 is 5.32 Å². The SMILES string of the molecule is Cc1nc(Nc2cccnc2)ccc1Br. The van der Waals surface area contributed by atoms with Crippen molar-refractivity contribution in [3.05, 3.63) is 46.8 Å². The minimum absolute atomic E-state index is 0.823. The summed E-state index contributed by atoms with van der Waals surface area (Å²) in [7, 11) is 0. The summed E-state index contributed by atoms with van der Waals surface area (Å²) in [4.78, 5) is 8.40. The molecule has 2 aromatic heterocycles. The van der Waals surface area contributed by atoms with Crippen molar-refractivity contribution in [2.45, 2.75) is 6.92 Å². The zero-order valence-corrected chi connectivity index (χ0v) is 9.82. The smallest absolute Gasteiger partial charge is 0.130 e. The normalized spacial score (nSPS) is 10.0. The second-order valence-corrected chi connectivity index (χ2v) is 3.98. The molecule has 0 amide bonds. The predicted molar refractivity (Wildman–Crippen MR) is 64.2 cm³/mol. The highest BCUT2D eigenvalue weighted by atomic mass is 79.9. The Hall–Kier alpha value is -1.42. The van der Waals surface area contributed by atoms with E-state index in [9.17, 15) is 0 Å². The molecule has 0 aliphatic rings. The molecule has 0 spiro atoms. The van der Waals surface area contributed by atoms with E-state index in [1.165, 1.54) is 0 Å². The van der Waals surface area contributed by atoms with Crippen LogP contribution in [0.15, 0.2) is 41.1 Å². The maximum Gasteiger partial charge on any atom is 0.130 e. The maximum absolute atomic E-state index is 4.38. The summed E-state index contributed by atoms with van der Waals surface area (Å²) < 4.78 is 1.01. The second kappa shape index (κ2) is 4.40. The average Bonchev–Trinajstić information content (AvgIpc) is 2.25. The van der Waals surface area contributed by atoms with Gasteiger partial charge >= 0.3 is 0 Å². The summed E-state index contributed by atoms with van der Waals surface area (Å²) in [6, 6.07) is 7.73. The van der Waals surface area contributed by atoms with Gasteiger partial charge in [0.15, 0.2) is 0 Å². The Kier molecular flexibility index (Phi) is 2.97. The van der Waals surface area contributed by atoms with Crippen LogP contribution in [0.2, 0.25) is 0 Å². The number of halogens is 1. The third kappa shape index (κ3) is 2.53. The van der Waals surface area contributed by atoms with Crippen molar-refractivity contribution in [3.63, 3.8) is 0 Å². The van der Waals surface area contributed by atoms with Crippen LogP contribution in [0.25, 0.3) is 0 Å². The maximum atomic E-state index is 4.38. The summed E-state index contributed by atoms with van der Waals surface area (Å²) in [5.41, 5.74) is 1.90. The minimum atomic E-state index is 0.823. The van der Waals surface area contributed by atoms with Crippen LogP contribution in [-0.4, -0.2) is 9.97 Å². The summed E-state index contributed by atoms with van der Waals surface area (Å²) in [6.07, 6.45) is 3.50. The molecule has 0 aliphatic heterocycles. The summed E-state index contributed by atoms with van der Waals surface area (Å²) >= 11 is 3.41. The van der Waals surface area contributed by atoms with Crippen LogP contribution in [0.1, 0.15) is 5.69 Å². The average molecular weight is 264 g/mol. The molecule has 2 rings (SSSR count). The fourth-order valence-electron chi connectivity index (χ4n) is 1.20. The first-order valence-corrected chi connectivity index (χ1v) is 5.35. The lowest BCUT2D eigenvalue weighted by atomic mass is 10.3. The van der Waals surface area contributed by atoms with Crippen LogP contribution in [0.5, 0.6) is 0 Å². The quantitative estimate of drug-likeness (QED) is 0.904. The number of hydrogen-bond acceptors (Lipinski definition) is 3. The van der Waals surface area contributed by atoms with Crippen molar-refractivity contribution in [2.75, 3.05) is 5.32 Å². The first-order chi connectivity index (χ1) is 7.25. The Bertz CT molecular complexity index is 457.